The van der Waals surface area contributed by atoms with Gasteiger partial charge in [0.15, 0.2) is 0 Å². The summed E-state index contributed by atoms with van der Waals surface area (Å²) in [6, 6.07) is 8.51. The van der Waals surface area contributed by atoms with Gasteiger partial charge in [0.2, 0.25) is 0 Å². The van der Waals surface area contributed by atoms with Gasteiger partial charge >= 0.3 is 6.09 Å². The van der Waals surface area contributed by atoms with Crippen LogP contribution in [0.5, 0.6) is 0 Å². The maximum Gasteiger partial charge on any atom is 0.407 e. The number of nitrogens with two attached hydrogens (primary N) is 1. The molecule has 116 valence electrons. The number of hydrogen-bond donors (Lipinski definition) is 2. The van der Waals surface area contributed by atoms with Crippen molar-refractivity contribution >= 4 is 6.09 Å². The maximum atomic E-state index is 11.6. The minimum atomic E-state index is -0.479. The van der Waals surface area contributed by atoms with Crippen LogP contribution in [0.15, 0.2) is 24.3 Å². The highest BCUT2D eigenvalue weighted by atomic mass is 16.6. The highest BCUT2D eigenvalue weighted by Gasteiger charge is 2.23. The molecule has 1 aliphatic rings. The van der Waals surface area contributed by atoms with Gasteiger partial charge in [-0.25, -0.2) is 4.79 Å². The summed E-state index contributed by atoms with van der Waals surface area (Å²) >= 11 is 0. The Bertz CT molecular complexity index is 490. The minimum absolute atomic E-state index is 0.105. The molecule has 0 spiro atoms. The number of rotatable bonds is 5. The van der Waals surface area contributed by atoms with Crippen molar-refractivity contribution < 1.29 is 9.53 Å². The Labute approximate surface area is 127 Å². The van der Waals surface area contributed by atoms with Crippen molar-refractivity contribution in [1.82, 2.24) is 5.32 Å². The maximum absolute atomic E-state index is 11.6. The fourth-order valence-electron chi connectivity index (χ4n) is 2.29. The van der Waals surface area contributed by atoms with Crippen LogP contribution in [0.3, 0.4) is 0 Å². The predicted molar refractivity (Wildman–Crippen MR) is 84.3 cm³/mol. The van der Waals surface area contributed by atoms with Gasteiger partial charge in [0.25, 0.3) is 0 Å². The summed E-state index contributed by atoms with van der Waals surface area (Å²) in [5.41, 5.74) is 8.26. The van der Waals surface area contributed by atoms with Gasteiger partial charge in [-0.05, 0) is 57.1 Å². The number of benzene rings is 1. The van der Waals surface area contributed by atoms with E-state index >= 15 is 0 Å². The molecule has 0 bridgehead atoms. The Morgan fingerprint density at radius 2 is 2.14 bits per heavy atom. The Hall–Kier alpha value is -1.55. The van der Waals surface area contributed by atoms with E-state index in [1.54, 1.807) is 0 Å². The molecule has 0 aromatic heterocycles. The lowest BCUT2D eigenvalue weighted by atomic mass is 10.0. The third kappa shape index (κ3) is 5.76. The molecule has 1 aliphatic carbocycles. The second-order valence-corrected chi connectivity index (χ2v) is 6.87. The largest absolute Gasteiger partial charge is 0.444 e. The molecule has 1 aromatic carbocycles. The van der Waals surface area contributed by atoms with Crippen LogP contribution in [-0.4, -0.2) is 24.3 Å². The highest BCUT2D eigenvalue weighted by molar-refractivity contribution is 5.67. The molecule has 1 unspecified atom stereocenters. The summed E-state index contributed by atoms with van der Waals surface area (Å²) in [4.78, 5) is 11.6. The number of nitrogens with one attached hydrogen (secondary N) is 1. The molecule has 1 aromatic rings. The Morgan fingerprint density at radius 3 is 2.76 bits per heavy atom. The predicted octanol–water partition coefficient (Wildman–Crippen LogP) is 2.96. The van der Waals surface area contributed by atoms with Crippen LogP contribution >= 0.6 is 0 Å². The molecule has 3 N–H and O–H groups in total. The molecule has 0 radical (unpaired) electrons. The molecule has 0 aliphatic heterocycles. The van der Waals surface area contributed by atoms with E-state index in [1.807, 2.05) is 20.8 Å². The third-order valence-corrected chi connectivity index (χ3v) is 3.41. The monoisotopic (exact) mass is 290 g/mol. The lowest BCUT2D eigenvalue weighted by Crippen LogP contribution is -2.41. The quantitative estimate of drug-likeness (QED) is 0.876. The first-order valence-corrected chi connectivity index (χ1v) is 7.65. The second-order valence-electron chi connectivity index (χ2n) is 6.87. The fourth-order valence-corrected chi connectivity index (χ4v) is 2.29. The average Bonchev–Trinajstić information content (AvgIpc) is 3.19. The van der Waals surface area contributed by atoms with E-state index in [0.717, 1.165) is 12.3 Å². The number of carbonyl (C=O) groups is 1. The number of hydrogen-bond acceptors (Lipinski definition) is 3. The van der Waals surface area contributed by atoms with Crippen LogP contribution in [0.25, 0.3) is 0 Å². The van der Waals surface area contributed by atoms with E-state index in [2.05, 4.69) is 29.6 Å². The molecule has 0 saturated heterocycles. The number of ether oxygens (including phenoxy) is 1. The van der Waals surface area contributed by atoms with E-state index in [0.29, 0.717) is 6.54 Å². The van der Waals surface area contributed by atoms with Crippen LogP contribution in [0, 0.1) is 0 Å². The van der Waals surface area contributed by atoms with Gasteiger partial charge in [-0.15, -0.1) is 0 Å². The van der Waals surface area contributed by atoms with Crippen molar-refractivity contribution in [3.8, 4) is 0 Å². The molecule has 4 heteroatoms. The van der Waals surface area contributed by atoms with Crippen molar-refractivity contribution in [2.24, 2.45) is 5.73 Å². The second kappa shape index (κ2) is 6.48. The van der Waals surface area contributed by atoms with E-state index in [9.17, 15) is 4.79 Å². The summed E-state index contributed by atoms with van der Waals surface area (Å²) in [6.45, 7) is 5.95. The number of carbonyl (C=O) groups excluding carboxylic acids is 1. The van der Waals surface area contributed by atoms with Crippen LogP contribution < -0.4 is 11.1 Å². The summed E-state index contributed by atoms with van der Waals surface area (Å²) in [7, 11) is 0. The molecule has 1 fully saturated rings. The van der Waals surface area contributed by atoms with Crippen LogP contribution in [0.2, 0.25) is 0 Å². The summed E-state index contributed by atoms with van der Waals surface area (Å²) < 4.78 is 5.19. The molecule has 0 heterocycles. The molecule has 1 atom stereocenters. The first kappa shape index (κ1) is 15.8. The first-order valence-electron chi connectivity index (χ1n) is 7.65. The molecule has 21 heavy (non-hydrogen) atoms. The van der Waals surface area contributed by atoms with Gasteiger partial charge in [-0.1, -0.05) is 24.3 Å². The molecule has 1 saturated carbocycles. The Morgan fingerprint density at radius 1 is 1.43 bits per heavy atom. The van der Waals surface area contributed by atoms with Gasteiger partial charge in [0.05, 0.1) is 0 Å². The zero-order chi connectivity index (χ0) is 15.5. The van der Waals surface area contributed by atoms with Crippen molar-refractivity contribution in [2.75, 3.05) is 6.54 Å². The lowest BCUT2D eigenvalue weighted by Gasteiger charge is -2.21. The van der Waals surface area contributed by atoms with E-state index in [4.69, 9.17) is 10.5 Å². The van der Waals surface area contributed by atoms with Gasteiger partial charge in [0, 0.05) is 12.6 Å². The first-order chi connectivity index (χ1) is 9.83. The zero-order valence-electron chi connectivity index (χ0n) is 13.2. The third-order valence-electron chi connectivity index (χ3n) is 3.41. The van der Waals surface area contributed by atoms with E-state index < -0.39 is 11.7 Å². The Kier molecular flexibility index (Phi) is 4.88. The summed E-state index contributed by atoms with van der Waals surface area (Å²) in [5, 5.41) is 2.72. The van der Waals surface area contributed by atoms with Crippen molar-refractivity contribution in [2.45, 2.75) is 57.6 Å². The van der Waals surface area contributed by atoms with E-state index in [-0.39, 0.29) is 6.04 Å². The topological polar surface area (TPSA) is 64.3 Å². The standard InChI is InChI=1S/C17H26N2O2/c1-17(2,3)21-16(20)19-11-15(18)10-12-5-4-6-14(9-12)13-7-8-13/h4-6,9,13,15H,7-8,10-11,18H2,1-3H3,(H,19,20). The summed E-state index contributed by atoms with van der Waals surface area (Å²) in [5.74, 6) is 0.751. The summed E-state index contributed by atoms with van der Waals surface area (Å²) in [6.07, 6.45) is 2.95. The van der Waals surface area contributed by atoms with Gasteiger partial charge < -0.3 is 15.8 Å². The van der Waals surface area contributed by atoms with Crippen LogP contribution in [-0.2, 0) is 11.2 Å². The van der Waals surface area contributed by atoms with Crippen LogP contribution in [0.1, 0.15) is 50.7 Å². The fraction of sp³-hybridized carbons (Fsp3) is 0.588. The number of alkyl carbamates (subject to hydrolysis) is 1. The molecular weight excluding hydrogens is 264 g/mol. The SMILES string of the molecule is CC(C)(C)OC(=O)NCC(N)Cc1cccc(C2CC2)c1. The van der Waals surface area contributed by atoms with Crippen molar-refractivity contribution in [3.63, 3.8) is 0 Å². The van der Waals surface area contributed by atoms with Gasteiger partial charge in [-0.3, -0.25) is 0 Å². The van der Waals surface area contributed by atoms with Gasteiger partial charge in [-0.2, -0.15) is 0 Å². The highest BCUT2D eigenvalue weighted by Crippen LogP contribution is 2.40. The minimum Gasteiger partial charge on any atom is -0.444 e. The zero-order valence-corrected chi connectivity index (χ0v) is 13.2. The molecular formula is C17H26N2O2. The number of amides is 1. The smallest absolute Gasteiger partial charge is 0.407 e. The van der Waals surface area contributed by atoms with Crippen molar-refractivity contribution in [3.05, 3.63) is 35.4 Å². The van der Waals surface area contributed by atoms with Crippen molar-refractivity contribution in [1.29, 1.82) is 0 Å². The molecule has 4 nitrogen and oxygen atoms in total. The molecule has 2 rings (SSSR count). The average molecular weight is 290 g/mol. The lowest BCUT2D eigenvalue weighted by molar-refractivity contribution is 0.0524. The molecule has 1 amide bonds. The normalized spacial score (nSPS) is 16.4. The van der Waals surface area contributed by atoms with Crippen LogP contribution in [0.4, 0.5) is 4.79 Å². The van der Waals surface area contributed by atoms with E-state index in [1.165, 1.54) is 24.0 Å². The Balaban J connectivity index is 1.77. The van der Waals surface area contributed by atoms with Gasteiger partial charge in [0.1, 0.15) is 5.60 Å².